The predicted molar refractivity (Wildman–Crippen MR) is 108 cm³/mol. The smallest absolute Gasteiger partial charge is 0.262 e. The average Bonchev–Trinajstić information content (AvgIpc) is 3.05. The van der Waals surface area contributed by atoms with Gasteiger partial charge < -0.3 is 14.2 Å². The van der Waals surface area contributed by atoms with Crippen LogP contribution in [0.2, 0.25) is 0 Å². The Bertz CT molecular complexity index is 1210. The van der Waals surface area contributed by atoms with Crippen LogP contribution in [0, 0.1) is 6.92 Å². The topological polar surface area (TPSA) is 77.5 Å². The molecule has 4 rings (SSSR count). The number of benzene rings is 1. The Morgan fingerprint density at radius 1 is 1.11 bits per heavy atom. The minimum absolute atomic E-state index is 0.0901. The number of likely N-dealkylation sites (N-methyl/N-ethyl adjacent to an activating group) is 1. The number of hydrogen-bond donors (Lipinski definition) is 0. The summed E-state index contributed by atoms with van der Waals surface area (Å²) in [5, 5.41) is 5.01. The van der Waals surface area contributed by atoms with Gasteiger partial charge in [0.15, 0.2) is 0 Å². The summed E-state index contributed by atoms with van der Waals surface area (Å²) in [6.07, 6.45) is 1.79. The van der Waals surface area contributed by atoms with E-state index in [0.717, 1.165) is 17.9 Å². The molecule has 28 heavy (non-hydrogen) atoms. The fourth-order valence-corrected chi connectivity index (χ4v) is 3.22. The molecule has 3 aromatic heterocycles. The first kappa shape index (κ1) is 18.1. The third kappa shape index (κ3) is 3.11. The van der Waals surface area contributed by atoms with Gasteiger partial charge in [-0.2, -0.15) is 9.50 Å². The van der Waals surface area contributed by atoms with Crippen LogP contribution in [-0.2, 0) is 6.54 Å². The number of pyridine rings is 1. The van der Waals surface area contributed by atoms with Crippen LogP contribution in [0.25, 0.3) is 27.9 Å². The molecule has 0 aliphatic heterocycles. The minimum Gasteiger partial charge on any atom is -0.497 e. The highest BCUT2D eigenvalue weighted by molar-refractivity contribution is 5.93. The molecule has 0 atom stereocenters. The molecule has 0 aliphatic carbocycles. The van der Waals surface area contributed by atoms with Crippen LogP contribution in [-0.4, -0.2) is 56.8 Å². The van der Waals surface area contributed by atoms with E-state index in [1.807, 2.05) is 56.3 Å². The van der Waals surface area contributed by atoms with E-state index in [4.69, 9.17) is 4.74 Å². The molecule has 1 aromatic carbocycles. The van der Waals surface area contributed by atoms with E-state index < -0.39 is 0 Å². The Balaban J connectivity index is 2.03. The van der Waals surface area contributed by atoms with Crippen molar-refractivity contribution in [1.29, 1.82) is 0 Å². The van der Waals surface area contributed by atoms with Gasteiger partial charge in [-0.25, -0.2) is 4.98 Å². The highest BCUT2D eigenvalue weighted by Gasteiger charge is 2.18. The molecule has 144 valence electrons. The Morgan fingerprint density at radius 3 is 2.54 bits per heavy atom. The molecule has 8 nitrogen and oxygen atoms in total. The molecule has 0 saturated carbocycles. The van der Waals surface area contributed by atoms with Crippen LogP contribution in [0.1, 0.15) is 5.82 Å². The molecule has 3 heterocycles. The van der Waals surface area contributed by atoms with E-state index in [1.54, 1.807) is 22.4 Å². The lowest BCUT2D eigenvalue weighted by atomic mass is 10.1. The maximum absolute atomic E-state index is 13.3. The minimum atomic E-state index is -0.0901. The van der Waals surface area contributed by atoms with Gasteiger partial charge in [0.2, 0.25) is 0 Å². The first-order valence-electron chi connectivity index (χ1n) is 9.03. The normalized spacial score (nSPS) is 11.6. The van der Waals surface area contributed by atoms with E-state index in [2.05, 4.69) is 15.1 Å². The number of aromatic nitrogens is 5. The van der Waals surface area contributed by atoms with Crippen molar-refractivity contribution >= 4 is 16.7 Å². The molecule has 8 heteroatoms. The molecular weight excluding hydrogens is 356 g/mol. The van der Waals surface area contributed by atoms with Crippen LogP contribution in [0.15, 0.2) is 41.3 Å². The van der Waals surface area contributed by atoms with Crippen molar-refractivity contribution < 1.29 is 4.74 Å². The lowest BCUT2D eigenvalue weighted by Gasteiger charge is -2.14. The Labute approximate surface area is 162 Å². The molecule has 0 fully saturated rings. The lowest BCUT2D eigenvalue weighted by molar-refractivity contribution is 0.381. The molecule has 0 spiro atoms. The molecular formula is C20H22N6O2. The van der Waals surface area contributed by atoms with Crippen molar-refractivity contribution in [1.82, 2.24) is 29.0 Å². The molecule has 0 N–H and O–H groups in total. The molecule has 0 saturated heterocycles. The maximum Gasteiger partial charge on any atom is 0.262 e. The Morgan fingerprint density at radius 2 is 1.86 bits per heavy atom. The van der Waals surface area contributed by atoms with Crippen LogP contribution in [0.5, 0.6) is 5.75 Å². The summed E-state index contributed by atoms with van der Waals surface area (Å²) >= 11 is 0. The second-order valence-corrected chi connectivity index (χ2v) is 6.94. The highest BCUT2D eigenvalue weighted by Crippen LogP contribution is 2.27. The molecule has 0 radical (unpaired) electrons. The number of hydrogen-bond acceptors (Lipinski definition) is 6. The molecule has 4 aromatic rings. The van der Waals surface area contributed by atoms with Crippen molar-refractivity contribution in [3.8, 4) is 17.0 Å². The quantitative estimate of drug-likeness (QED) is 0.529. The van der Waals surface area contributed by atoms with Gasteiger partial charge in [-0.1, -0.05) is 0 Å². The standard InChI is InChI=1S/C20H22N6O2/c1-13-21-20-22-16-9-10-25(12-11-24(2)3)19(27)17(16)18(26(20)23-13)14-5-7-15(28-4)8-6-14/h5-10H,11-12H2,1-4H3. The predicted octanol–water partition coefficient (Wildman–Crippen LogP) is 1.98. The van der Waals surface area contributed by atoms with Crippen molar-refractivity contribution in [3.05, 3.63) is 52.7 Å². The summed E-state index contributed by atoms with van der Waals surface area (Å²) in [5.41, 5.74) is 2.06. The summed E-state index contributed by atoms with van der Waals surface area (Å²) in [6.45, 7) is 3.17. The number of rotatable bonds is 5. The van der Waals surface area contributed by atoms with Gasteiger partial charge in [0.1, 0.15) is 11.6 Å². The van der Waals surface area contributed by atoms with E-state index in [9.17, 15) is 4.79 Å². The first-order chi connectivity index (χ1) is 13.5. The fraction of sp³-hybridized carbons (Fsp3) is 0.300. The van der Waals surface area contributed by atoms with Crippen LogP contribution < -0.4 is 10.3 Å². The lowest BCUT2D eigenvalue weighted by Crippen LogP contribution is -2.27. The number of nitrogens with zero attached hydrogens (tertiary/aromatic N) is 6. The number of ether oxygens (including phenoxy) is 1. The van der Waals surface area contributed by atoms with Gasteiger partial charge >= 0.3 is 0 Å². The third-order valence-corrected chi connectivity index (χ3v) is 4.66. The van der Waals surface area contributed by atoms with E-state index in [-0.39, 0.29) is 5.56 Å². The SMILES string of the molecule is COc1ccc(-c2c3c(=O)n(CCN(C)C)ccc3nc3nc(C)nn23)cc1. The number of aryl methyl sites for hydroxylation is 1. The van der Waals surface area contributed by atoms with Crippen molar-refractivity contribution in [2.24, 2.45) is 0 Å². The van der Waals surface area contributed by atoms with Gasteiger partial charge in [0, 0.05) is 24.8 Å². The monoisotopic (exact) mass is 378 g/mol. The molecule has 0 unspecified atom stereocenters. The van der Waals surface area contributed by atoms with Crippen LogP contribution >= 0.6 is 0 Å². The van der Waals surface area contributed by atoms with Crippen LogP contribution in [0.3, 0.4) is 0 Å². The van der Waals surface area contributed by atoms with Crippen molar-refractivity contribution in [2.75, 3.05) is 27.7 Å². The van der Waals surface area contributed by atoms with Crippen LogP contribution in [0.4, 0.5) is 0 Å². The number of methoxy groups -OCH3 is 1. The third-order valence-electron chi connectivity index (χ3n) is 4.66. The molecule has 0 bridgehead atoms. The Kier molecular flexibility index (Phi) is 4.56. The zero-order valence-corrected chi connectivity index (χ0v) is 16.4. The second kappa shape index (κ2) is 7.05. The van der Waals surface area contributed by atoms with Gasteiger partial charge in [-0.15, -0.1) is 5.10 Å². The average molecular weight is 378 g/mol. The van der Waals surface area contributed by atoms with Gasteiger partial charge in [0.05, 0.1) is 23.7 Å². The summed E-state index contributed by atoms with van der Waals surface area (Å²) in [6, 6.07) is 9.43. The fourth-order valence-electron chi connectivity index (χ4n) is 3.22. The van der Waals surface area contributed by atoms with E-state index in [0.29, 0.717) is 34.7 Å². The zero-order chi connectivity index (χ0) is 19.8. The van der Waals surface area contributed by atoms with Gasteiger partial charge in [0.25, 0.3) is 11.3 Å². The van der Waals surface area contributed by atoms with E-state index >= 15 is 0 Å². The highest BCUT2D eigenvalue weighted by atomic mass is 16.5. The van der Waals surface area contributed by atoms with E-state index in [1.165, 1.54) is 0 Å². The molecule has 0 amide bonds. The van der Waals surface area contributed by atoms with Gasteiger partial charge in [-0.3, -0.25) is 4.79 Å². The summed E-state index contributed by atoms with van der Waals surface area (Å²) in [5.74, 6) is 1.82. The second-order valence-electron chi connectivity index (χ2n) is 6.94. The molecule has 0 aliphatic rings. The maximum atomic E-state index is 13.3. The summed E-state index contributed by atoms with van der Waals surface area (Å²) in [4.78, 5) is 24.3. The van der Waals surface area contributed by atoms with Gasteiger partial charge in [-0.05, 0) is 51.4 Å². The number of fused-ring (bicyclic) bond motifs is 2. The Hall–Kier alpha value is -3.26. The summed E-state index contributed by atoms with van der Waals surface area (Å²) in [7, 11) is 5.59. The first-order valence-corrected chi connectivity index (χ1v) is 9.03. The zero-order valence-electron chi connectivity index (χ0n) is 16.4. The largest absolute Gasteiger partial charge is 0.497 e. The summed E-state index contributed by atoms with van der Waals surface area (Å²) < 4.78 is 8.63. The van der Waals surface area contributed by atoms with Crippen molar-refractivity contribution in [3.63, 3.8) is 0 Å². The van der Waals surface area contributed by atoms with Crippen molar-refractivity contribution in [2.45, 2.75) is 13.5 Å².